The third kappa shape index (κ3) is 2.41. The summed E-state index contributed by atoms with van der Waals surface area (Å²) in [5, 5.41) is 14.8. The van der Waals surface area contributed by atoms with Gasteiger partial charge in [-0.25, -0.2) is 9.97 Å². The molecule has 0 fully saturated rings. The fourth-order valence-electron chi connectivity index (χ4n) is 2.44. The van der Waals surface area contributed by atoms with Gasteiger partial charge in [0, 0.05) is 12.2 Å². The first-order valence-corrected chi connectivity index (χ1v) is 7.69. The highest BCUT2D eigenvalue weighted by Crippen LogP contribution is 2.27. The van der Waals surface area contributed by atoms with Gasteiger partial charge in [-0.15, -0.1) is 0 Å². The van der Waals surface area contributed by atoms with E-state index in [4.69, 9.17) is 4.42 Å². The van der Waals surface area contributed by atoms with Gasteiger partial charge in [-0.3, -0.25) is 9.78 Å². The highest BCUT2D eigenvalue weighted by molar-refractivity contribution is 5.88. The summed E-state index contributed by atoms with van der Waals surface area (Å²) >= 11 is 0. The van der Waals surface area contributed by atoms with Crippen molar-refractivity contribution in [3.8, 4) is 11.6 Å². The second kappa shape index (κ2) is 5.48. The van der Waals surface area contributed by atoms with Crippen LogP contribution in [0.1, 0.15) is 25.6 Å². The average Bonchev–Trinajstić information content (AvgIpc) is 3.27. The van der Waals surface area contributed by atoms with Gasteiger partial charge in [0.25, 0.3) is 0 Å². The molecule has 4 aromatic heterocycles. The van der Waals surface area contributed by atoms with Crippen molar-refractivity contribution in [1.82, 2.24) is 29.9 Å². The zero-order chi connectivity index (χ0) is 16.7. The van der Waals surface area contributed by atoms with Crippen molar-refractivity contribution in [2.45, 2.75) is 26.8 Å². The van der Waals surface area contributed by atoms with Gasteiger partial charge in [-0.05, 0) is 32.9 Å². The number of nitrogens with one attached hydrogen (secondary N) is 2. The van der Waals surface area contributed by atoms with E-state index in [0.29, 0.717) is 22.9 Å². The van der Waals surface area contributed by atoms with Crippen molar-refractivity contribution in [2.24, 2.45) is 0 Å². The third-order valence-electron chi connectivity index (χ3n) is 3.74. The van der Waals surface area contributed by atoms with Crippen LogP contribution in [0, 0.1) is 6.92 Å². The van der Waals surface area contributed by atoms with Crippen LogP contribution in [-0.2, 0) is 0 Å². The molecule has 0 saturated carbocycles. The molecule has 8 heteroatoms. The number of anilines is 2. The summed E-state index contributed by atoms with van der Waals surface area (Å²) < 4.78 is 7.32. The number of rotatable bonds is 4. The fraction of sp³-hybridized carbons (Fsp3) is 0.250. The lowest BCUT2D eigenvalue weighted by molar-refractivity contribution is 0.529. The third-order valence-corrected chi connectivity index (χ3v) is 3.74. The van der Waals surface area contributed by atoms with E-state index >= 15 is 0 Å². The van der Waals surface area contributed by atoms with E-state index in [0.717, 1.165) is 16.9 Å². The molecule has 0 radical (unpaired) electrons. The summed E-state index contributed by atoms with van der Waals surface area (Å²) in [6.45, 7) is 6.13. The van der Waals surface area contributed by atoms with E-state index in [1.54, 1.807) is 12.5 Å². The van der Waals surface area contributed by atoms with Crippen LogP contribution in [-0.4, -0.2) is 29.9 Å². The summed E-state index contributed by atoms with van der Waals surface area (Å²) in [4.78, 5) is 9.06. The van der Waals surface area contributed by atoms with E-state index in [1.165, 1.54) is 0 Å². The molecule has 4 rings (SSSR count). The molecule has 0 aliphatic carbocycles. The molecule has 0 atom stereocenters. The summed E-state index contributed by atoms with van der Waals surface area (Å²) in [6, 6.07) is 3.92. The number of aromatic nitrogens is 6. The maximum absolute atomic E-state index is 5.41. The van der Waals surface area contributed by atoms with Crippen molar-refractivity contribution in [3.05, 3.63) is 36.5 Å². The molecule has 0 amide bonds. The Hall–Kier alpha value is -3.16. The summed E-state index contributed by atoms with van der Waals surface area (Å²) in [5.41, 5.74) is 3.24. The summed E-state index contributed by atoms with van der Waals surface area (Å²) in [6.07, 6.45) is 5.23. The molecule has 0 unspecified atom stereocenters. The van der Waals surface area contributed by atoms with Gasteiger partial charge >= 0.3 is 0 Å². The Morgan fingerprint density at radius 3 is 2.88 bits per heavy atom. The molecule has 0 aromatic carbocycles. The number of H-pyrrole nitrogens is 1. The minimum atomic E-state index is 0.288. The van der Waals surface area contributed by atoms with Crippen LogP contribution in [0.5, 0.6) is 0 Å². The highest BCUT2D eigenvalue weighted by Gasteiger charge is 2.15. The van der Waals surface area contributed by atoms with Crippen LogP contribution in [0.3, 0.4) is 0 Å². The minimum absolute atomic E-state index is 0.288. The Bertz CT molecular complexity index is 981. The standard InChI is InChI=1S/C16H17N7O/c1-9(2)23-8-12(10(3)22-23)19-16-14-11(7-17-21-14)18-15(20-16)13-5-4-6-24-13/h4-9H,1-3H3,(H,17,21)(H,18,19,20). The van der Waals surface area contributed by atoms with Gasteiger partial charge in [0.1, 0.15) is 11.0 Å². The number of hydrogen-bond acceptors (Lipinski definition) is 6. The maximum atomic E-state index is 5.41. The number of furan rings is 1. The van der Waals surface area contributed by atoms with Crippen LogP contribution in [0.15, 0.2) is 35.2 Å². The van der Waals surface area contributed by atoms with Gasteiger partial charge in [-0.2, -0.15) is 10.2 Å². The Morgan fingerprint density at radius 2 is 2.17 bits per heavy atom. The van der Waals surface area contributed by atoms with Crippen molar-refractivity contribution in [3.63, 3.8) is 0 Å². The first-order chi connectivity index (χ1) is 11.6. The molecule has 0 aliphatic rings. The van der Waals surface area contributed by atoms with Crippen LogP contribution in [0.25, 0.3) is 22.6 Å². The van der Waals surface area contributed by atoms with Crippen molar-refractivity contribution < 1.29 is 4.42 Å². The smallest absolute Gasteiger partial charge is 0.198 e. The van der Waals surface area contributed by atoms with Gasteiger partial charge in [-0.1, -0.05) is 0 Å². The zero-order valence-electron chi connectivity index (χ0n) is 13.6. The summed E-state index contributed by atoms with van der Waals surface area (Å²) in [7, 11) is 0. The fourth-order valence-corrected chi connectivity index (χ4v) is 2.44. The number of fused-ring (bicyclic) bond motifs is 1. The number of nitrogens with zero attached hydrogens (tertiary/aromatic N) is 5. The van der Waals surface area contributed by atoms with Crippen LogP contribution in [0.2, 0.25) is 0 Å². The SMILES string of the molecule is Cc1nn(C(C)C)cc1Nc1nc(-c2ccco2)nc2cn[nH]c12. The normalized spacial score (nSPS) is 11.5. The molecule has 0 saturated heterocycles. The van der Waals surface area contributed by atoms with Crippen LogP contribution in [0.4, 0.5) is 11.5 Å². The average molecular weight is 323 g/mol. The Balaban J connectivity index is 1.80. The van der Waals surface area contributed by atoms with E-state index in [9.17, 15) is 0 Å². The van der Waals surface area contributed by atoms with Crippen molar-refractivity contribution in [1.29, 1.82) is 0 Å². The molecule has 0 aliphatic heterocycles. The van der Waals surface area contributed by atoms with E-state index in [1.807, 2.05) is 29.9 Å². The first-order valence-electron chi connectivity index (χ1n) is 7.69. The first kappa shape index (κ1) is 14.4. The van der Waals surface area contributed by atoms with Gasteiger partial charge in [0.05, 0.1) is 23.8 Å². The lowest BCUT2D eigenvalue weighted by Gasteiger charge is -2.07. The van der Waals surface area contributed by atoms with E-state index < -0.39 is 0 Å². The van der Waals surface area contributed by atoms with Crippen LogP contribution < -0.4 is 5.32 Å². The molecular formula is C16H17N7O. The van der Waals surface area contributed by atoms with Crippen LogP contribution >= 0.6 is 0 Å². The zero-order valence-corrected chi connectivity index (χ0v) is 13.6. The molecule has 8 nitrogen and oxygen atoms in total. The Morgan fingerprint density at radius 1 is 1.29 bits per heavy atom. The minimum Gasteiger partial charge on any atom is -0.461 e. The largest absolute Gasteiger partial charge is 0.461 e. The van der Waals surface area contributed by atoms with Crippen molar-refractivity contribution >= 4 is 22.5 Å². The highest BCUT2D eigenvalue weighted by atomic mass is 16.3. The van der Waals surface area contributed by atoms with Gasteiger partial charge < -0.3 is 9.73 Å². The quantitative estimate of drug-likeness (QED) is 0.597. The number of aryl methyl sites for hydroxylation is 1. The Labute approximate surface area is 137 Å². The molecule has 2 N–H and O–H groups in total. The topological polar surface area (TPSA) is 97.5 Å². The molecule has 0 spiro atoms. The predicted molar refractivity (Wildman–Crippen MR) is 90.0 cm³/mol. The molecule has 4 aromatic rings. The summed E-state index contributed by atoms with van der Waals surface area (Å²) in [5.74, 6) is 1.75. The number of hydrogen-bond donors (Lipinski definition) is 2. The predicted octanol–water partition coefficient (Wildman–Crippen LogP) is 3.44. The van der Waals surface area contributed by atoms with Gasteiger partial charge in [0.2, 0.25) is 0 Å². The molecule has 4 heterocycles. The molecule has 24 heavy (non-hydrogen) atoms. The molecule has 122 valence electrons. The van der Waals surface area contributed by atoms with E-state index in [2.05, 4.69) is 44.4 Å². The second-order valence-corrected chi connectivity index (χ2v) is 5.83. The van der Waals surface area contributed by atoms with Gasteiger partial charge in [0.15, 0.2) is 17.4 Å². The van der Waals surface area contributed by atoms with Crippen molar-refractivity contribution in [2.75, 3.05) is 5.32 Å². The Kier molecular flexibility index (Phi) is 3.30. The number of aromatic amines is 1. The lowest BCUT2D eigenvalue weighted by Crippen LogP contribution is -2.00. The van der Waals surface area contributed by atoms with E-state index in [-0.39, 0.29) is 6.04 Å². The monoisotopic (exact) mass is 323 g/mol. The molecular weight excluding hydrogens is 306 g/mol. The molecule has 0 bridgehead atoms. The second-order valence-electron chi connectivity index (χ2n) is 5.83. The lowest BCUT2D eigenvalue weighted by atomic mass is 10.3. The maximum Gasteiger partial charge on any atom is 0.198 e.